The Labute approximate surface area is 81.7 Å². The van der Waals surface area contributed by atoms with Gasteiger partial charge in [0.25, 0.3) is 0 Å². The molecule has 0 atom stereocenters. The van der Waals surface area contributed by atoms with Crippen LogP contribution in [-0.2, 0) is 6.54 Å². The van der Waals surface area contributed by atoms with Crippen LogP contribution >= 0.6 is 22.9 Å². The number of halogens is 1. The Morgan fingerprint density at radius 3 is 3.08 bits per heavy atom. The lowest BCUT2D eigenvalue weighted by atomic mass is 10.4. The average molecular weight is 200 g/mol. The summed E-state index contributed by atoms with van der Waals surface area (Å²) in [7, 11) is 0. The lowest BCUT2D eigenvalue weighted by Gasteiger charge is -1.94. The fourth-order valence-corrected chi connectivity index (χ4v) is 1.83. The first-order chi connectivity index (χ1) is 5.83. The van der Waals surface area contributed by atoms with Crippen LogP contribution in [0.25, 0.3) is 0 Å². The molecular weight excluding hydrogens is 190 g/mol. The quantitative estimate of drug-likeness (QED) is 0.583. The highest BCUT2D eigenvalue weighted by Gasteiger charge is 1.95. The van der Waals surface area contributed by atoms with E-state index < -0.39 is 0 Å². The van der Waals surface area contributed by atoms with Crippen LogP contribution in [0, 0.1) is 11.8 Å². The zero-order chi connectivity index (χ0) is 8.81. The van der Waals surface area contributed by atoms with Crippen molar-refractivity contribution < 1.29 is 0 Å². The minimum Gasteiger partial charge on any atom is -0.301 e. The highest BCUT2D eigenvalue weighted by Crippen LogP contribution is 2.18. The van der Waals surface area contributed by atoms with Crippen LogP contribution in [0.3, 0.4) is 0 Å². The zero-order valence-electron chi connectivity index (χ0n) is 6.86. The van der Waals surface area contributed by atoms with Gasteiger partial charge in [-0.05, 0) is 13.0 Å². The molecule has 1 heterocycles. The molecule has 0 fully saturated rings. The molecule has 1 N–H and O–H groups in total. The Kier molecular flexibility index (Phi) is 4.16. The van der Waals surface area contributed by atoms with E-state index in [1.165, 1.54) is 4.88 Å². The molecule has 0 unspecified atom stereocenters. The summed E-state index contributed by atoms with van der Waals surface area (Å²) >= 11 is 7.42. The molecule has 0 bridgehead atoms. The van der Waals surface area contributed by atoms with Gasteiger partial charge in [0.1, 0.15) is 0 Å². The van der Waals surface area contributed by atoms with Crippen molar-refractivity contribution in [3.05, 3.63) is 21.3 Å². The van der Waals surface area contributed by atoms with Gasteiger partial charge in [-0.15, -0.1) is 17.3 Å². The van der Waals surface area contributed by atoms with Crippen LogP contribution in [0.5, 0.6) is 0 Å². The SMILES string of the molecule is CC#CCNCc1cc(Cl)cs1. The molecule has 0 aliphatic heterocycles. The number of hydrogen-bond donors (Lipinski definition) is 1. The van der Waals surface area contributed by atoms with E-state index in [-0.39, 0.29) is 0 Å². The minimum atomic E-state index is 0.742. The Balaban J connectivity index is 2.27. The molecule has 1 aromatic heterocycles. The fourth-order valence-electron chi connectivity index (χ4n) is 0.783. The van der Waals surface area contributed by atoms with Crippen LogP contribution in [-0.4, -0.2) is 6.54 Å². The standard InChI is InChI=1S/C9H10ClNS/c1-2-3-4-11-6-9-5-8(10)7-12-9/h5,7,11H,4,6H2,1H3. The molecule has 0 spiro atoms. The topological polar surface area (TPSA) is 12.0 Å². The van der Waals surface area contributed by atoms with E-state index in [4.69, 9.17) is 11.6 Å². The predicted octanol–water partition coefficient (Wildman–Crippen LogP) is 2.51. The second-order valence-electron chi connectivity index (χ2n) is 2.26. The smallest absolute Gasteiger partial charge is 0.0579 e. The summed E-state index contributed by atoms with van der Waals surface area (Å²) in [4.78, 5) is 1.25. The van der Waals surface area contributed by atoms with Crippen molar-refractivity contribution in [2.45, 2.75) is 13.5 Å². The third-order valence-corrected chi connectivity index (χ3v) is 2.60. The third kappa shape index (κ3) is 3.27. The molecule has 0 saturated carbocycles. The summed E-state index contributed by atoms with van der Waals surface area (Å²) in [6, 6.07) is 1.97. The van der Waals surface area contributed by atoms with E-state index in [1.54, 1.807) is 11.3 Å². The van der Waals surface area contributed by atoms with E-state index in [2.05, 4.69) is 17.2 Å². The molecule has 0 amide bonds. The van der Waals surface area contributed by atoms with Crippen LogP contribution in [0.1, 0.15) is 11.8 Å². The van der Waals surface area contributed by atoms with Crippen molar-refractivity contribution in [1.82, 2.24) is 5.32 Å². The maximum atomic E-state index is 5.76. The normalized spacial score (nSPS) is 9.17. The largest absolute Gasteiger partial charge is 0.301 e. The number of thiophene rings is 1. The maximum absolute atomic E-state index is 5.76. The Morgan fingerprint density at radius 2 is 2.50 bits per heavy atom. The van der Waals surface area contributed by atoms with E-state index >= 15 is 0 Å². The monoisotopic (exact) mass is 199 g/mol. The van der Waals surface area contributed by atoms with Gasteiger partial charge in [0.2, 0.25) is 0 Å². The maximum Gasteiger partial charge on any atom is 0.0579 e. The molecular formula is C9H10ClNS. The van der Waals surface area contributed by atoms with Gasteiger partial charge in [-0.2, -0.15) is 0 Å². The van der Waals surface area contributed by atoms with E-state index in [0.29, 0.717) is 0 Å². The Morgan fingerprint density at radius 1 is 1.67 bits per heavy atom. The van der Waals surface area contributed by atoms with Gasteiger partial charge < -0.3 is 5.32 Å². The highest BCUT2D eigenvalue weighted by atomic mass is 35.5. The molecule has 0 aromatic carbocycles. The van der Waals surface area contributed by atoms with Gasteiger partial charge in [0, 0.05) is 16.8 Å². The second kappa shape index (κ2) is 5.21. The molecule has 1 rings (SSSR count). The van der Waals surface area contributed by atoms with Gasteiger partial charge in [-0.25, -0.2) is 0 Å². The first-order valence-electron chi connectivity index (χ1n) is 3.66. The van der Waals surface area contributed by atoms with Crippen molar-refractivity contribution >= 4 is 22.9 Å². The molecule has 1 nitrogen and oxygen atoms in total. The zero-order valence-corrected chi connectivity index (χ0v) is 8.43. The molecule has 64 valence electrons. The summed E-state index contributed by atoms with van der Waals surface area (Å²) in [6.45, 7) is 3.43. The fraction of sp³-hybridized carbons (Fsp3) is 0.333. The first kappa shape index (κ1) is 9.60. The van der Waals surface area contributed by atoms with Crippen molar-refractivity contribution in [1.29, 1.82) is 0 Å². The predicted molar refractivity (Wildman–Crippen MR) is 54.5 cm³/mol. The van der Waals surface area contributed by atoms with Gasteiger partial charge in [0.05, 0.1) is 11.6 Å². The summed E-state index contributed by atoms with van der Waals surface area (Å²) in [5.41, 5.74) is 0. The van der Waals surface area contributed by atoms with Crippen LogP contribution in [0.2, 0.25) is 5.02 Å². The van der Waals surface area contributed by atoms with Gasteiger partial charge in [-0.1, -0.05) is 17.5 Å². The number of rotatable bonds is 3. The number of hydrogen-bond acceptors (Lipinski definition) is 2. The van der Waals surface area contributed by atoms with Crippen LogP contribution in [0.15, 0.2) is 11.4 Å². The van der Waals surface area contributed by atoms with E-state index in [1.807, 2.05) is 18.4 Å². The van der Waals surface area contributed by atoms with E-state index in [9.17, 15) is 0 Å². The third-order valence-electron chi connectivity index (χ3n) is 1.31. The van der Waals surface area contributed by atoms with Crippen molar-refractivity contribution in [2.75, 3.05) is 6.54 Å². The molecule has 12 heavy (non-hydrogen) atoms. The lowest BCUT2D eigenvalue weighted by molar-refractivity contribution is 0.781. The van der Waals surface area contributed by atoms with Crippen molar-refractivity contribution in [3.8, 4) is 11.8 Å². The summed E-state index contributed by atoms with van der Waals surface area (Å²) < 4.78 is 0. The van der Waals surface area contributed by atoms with Crippen LogP contribution < -0.4 is 5.32 Å². The average Bonchev–Trinajstić information content (AvgIpc) is 2.45. The molecule has 1 aromatic rings. The van der Waals surface area contributed by atoms with E-state index in [0.717, 1.165) is 18.1 Å². The molecule has 3 heteroatoms. The Bertz CT molecular complexity index is 295. The molecule has 0 saturated heterocycles. The minimum absolute atomic E-state index is 0.742. The van der Waals surface area contributed by atoms with Gasteiger partial charge >= 0.3 is 0 Å². The van der Waals surface area contributed by atoms with Gasteiger partial charge in [-0.3, -0.25) is 0 Å². The molecule has 0 radical (unpaired) electrons. The lowest BCUT2D eigenvalue weighted by Crippen LogP contribution is -2.11. The summed E-state index contributed by atoms with van der Waals surface area (Å²) in [5, 5.41) is 5.95. The van der Waals surface area contributed by atoms with Crippen molar-refractivity contribution in [2.24, 2.45) is 0 Å². The second-order valence-corrected chi connectivity index (χ2v) is 3.69. The Hall–Kier alpha value is -0.490. The first-order valence-corrected chi connectivity index (χ1v) is 4.92. The summed E-state index contributed by atoms with van der Waals surface area (Å²) in [5.74, 6) is 5.76. The number of nitrogens with one attached hydrogen (secondary N) is 1. The molecule has 0 aliphatic carbocycles. The van der Waals surface area contributed by atoms with Gasteiger partial charge in [0.15, 0.2) is 0 Å². The molecule has 0 aliphatic rings. The van der Waals surface area contributed by atoms with Crippen molar-refractivity contribution in [3.63, 3.8) is 0 Å². The highest BCUT2D eigenvalue weighted by molar-refractivity contribution is 7.10. The summed E-state index contributed by atoms with van der Waals surface area (Å²) in [6.07, 6.45) is 0. The van der Waals surface area contributed by atoms with Crippen LogP contribution in [0.4, 0.5) is 0 Å².